The molecule has 2 amide bonds. The predicted octanol–water partition coefficient (Wildman–Crippen LogP) is 5.90. The van der Waals surface area contributed by atoms with Gasteiger partial charge >= 0.3 is 18.2 Å². The first kappa shape index (κ1) is 24.9. The van der Waals surface area contributed by atoms with Crippen LogP contribution >= 0.6 is 23.4 Å². The van der Waals surface area contributed by atoms with Crippen molar-refractivity contribution in [2.24, 2.45) is 10.5 Å². The standard InChI is InChI=1S/C22H21ClF3N3O3S/c1-4-32-19(30)21(2)12-29(28-18(21)13-5-7-14(23)8-6-13)20(31)27-15-9-10-16(22(24,25)26)17(11-15)33-3/h5-11H,4,12H2,1-3H3,(H,27,31). The number of ether oxygens (including phenoxy) is 1. The number of nitrogens with zero attached hydrogens (tertiary/aromatic N) is 2. The molecule has 0 fully saturated rings. The van der Waals surface area contributed by atoms with Gasteiger partial charge in [-0.2, -0.15) is 18.3 Å². The first-order valence-electron chi connectivity index (χ1n) is 9.85. The number of hydrogen-bond donors (Lipinski definition) is 1. The Morgan fingerprint density at radius 3 is 2.48 bits per heavy atom. The number of anilines is 1. The normalized spacial score (nSPS) is 18.2. The number of nitrogens with one attached hydrogen (secondary N) is 1. The van der Waals surface area contributed by atoms with Crippen LogP contribution in [0.3, 0.4) is 0 Å². The fraction of sp³-hybridized carbons (Fsp3) is 0.318. The molecule has 0 saturated carbocycles. The highest BCUT2D eigenvalue weighted by molar-refractivity contribution is 7.98. The van der Waals surface area contributed by atoms with Crippen LogP contribution < -0.4 is 5.32 Å². The summed E-state index contributed by atoms with van der Waals surface area (Å²) < 4.78 is 44.7. The number of hydrazone groups is 1. The first-order chi connectivity index (χ1) is 15.5. The van der Waals surface area contributed by atoms with E-state index in [9.17, 15) is 22.8 Å². The van der Waals surface area contributed by atoms with Gasteiger partial charge in [0.05, 0.1) is 24.4 Å². The lowest BCUT2D eigenvalue weighted by Gasteiger charge is -2.24. The number of thioether (sulfide) groups is 1. The molecule has 33 heavy (non-hydrogen) atoms. The first-order valence-corrected chi connectivity index (χ1v) is 11.5. The summed E-state index contributed by atoms with van der Waals surface area (Å²) in [5, 5.41) is 8.47. The highest BCUT2D eigenvalue weighted by atomic mass is 35.5. The molecule has 0 aliphatic carbocycles. The van der Waals surface area contributed by atoms with E-state index in [2.05, 4.69) is 10.4 Å². The molecule has 2 aromatic rings. The fourth-order valence-electron chi connectivity index (χ4n) is 3.38. The van der Waals surface area contributed by atoms with Gasteiger partial charge in [0, 0.05) is 15.6 Å². The maximum absolute atomic E-state index is 13.1. The van der Waals surface area contributed by atoms with Crippen molar-refractivity contribution in [2.75, 3.05) is 24.7 Å². The average molecular weight is 500 g/mol. The topological polar surface area (TPSA) is 71.0 Å². The van der Waals surface area contributed by atoms with E-state index in [-0.39, 0.29) is 23.7 Å². The largest absolute Gasteiger partial charge is 0.465 e. The Kier molecular flexibility index (Phi) is 7.28. The van der Waals surface area contributed by atoms with E-state index in [1.165, 1.54) is 18.4 Å². The van der Waals surface area contributed by atoms with Gasteiger partial charge in [0.1, 0.15) is 5.41 Å². The van der Waals surface area contributed by atoms with Crippen molar-refractivity contribution in [2.45, 2.75) is 24.9 Å². The summed E-state index contributed by atoms with van der Waals surface area (Å²) in [4.78, 5) is 25.6. The van der Waals surface area contributed by atoms with Crippen molar-refractivity contribution in [3.63, 3.8) is 0 Å². The molecule has 2 aromatic carbocycles. The highest BCUT2D eigenvalue weighted by Gasteiger charge is 2.48. The van der Waals surface area contributed by atoms with Crippen LogP contribution in [0.25, 0.3) is 0 Å². The third-order valence-electron chi connectivity index (χ3n) is 5.05. The molecule has 0 radical (unpaired) electrons. The van der Waals surface area contributed by atoms with Crippen LogP contribution in [0.1, 0.15) is 25.0 Å². The van der Waals surface area contributed by atoms with Crippen LogP contribution in [0, 0.1) is 5.41 Å². The van der Waals surface area contributed by atoms with E-state index in [0.29, 0.717) is 16.3 Å². The zero-order valence-electron chi connectivity index (χ0n) is 18.0. The second-order valence-electron chi connectivity index (χ2n) is 7.41. The van der Waals surface area contributed by atoms with E-state index >= 15 is 0 Å². The lowest BCUT2D eigenvalue weighted by molar-refractivity contribution is -0.150. The summed E-state index contributed by atoms with van der Waals surface area (Å²) in [7, 11) is 0. The minimum atomic E-state index is -4.50. The molecule has 1 atom stereocenters. The molecule has 1 N–H and O–H groups in total. The van der Waals surface area contributed by atoms with Gasteiger partial charge in [0.2, 0.25) is 0 Å². The predicted molar refractivity (Wildman–Crippen MR) is 122 cm³/mol. The Hall–Kier alpha value is -2.72. The smallest absolute Gasteiger partial charge is 0.417 e. The second kappa shape index (κ2) is 9.64. The van der Waals surface area contributed by atoms with Crippen LogP contribution in [0.2, 0.25) is 5.02 Å². The van der Waals surface area contributed by atoms with Crippen LogP contribution in [0.4, 0.5) is 23.7 Å². The minimum absolute atomic E-state index is 0.0246. The zero-order valence-corrected chi connectivity index (χ0v) is 19.6. The molecule has 6 nitrogen and oxygen atoms in total. The summed E-state index contributed by atoms with van der Waals surface area (Å²) in [6, 6.07) is 9.28. The number of urea groups is 1. The number of amides is 2. The molecule has 1 unspecified atom stereocenters. The van der Waals surface area contributed by atoms with Crippen molar-refractivity contribution in [1.29, 1.82) is 0 Å². The number of benzene rings is 2. The monoisotopic (exact) mass is 499 g/mol. The molecule has 1 aliphatic rings. The van der Waals surface area contributed by atoms with Gasteiger partial charge in [-0.15, -0.1) is 11.8 Å². The third-order valence-corrected chi connectivity index (χ3v) is 6.08. The quantitative estimate of drug-likeness (QED) is 0.410. The van der Waals surface area contributed by atoms with Crippen molar-refractivity contribution < 1.29 is 27.5 Å². The number of carbonyl (C=O) groups is 2. The molecule has 0 spiro atoms. The zero-order chi connectivity index (χ0) is 24.4. The molecular formula is C22H21ClF3N3O3S. The molecule has 0 aromatic heterocycles. The molecule has 0 saturated heterocycles. The second-order valence-corrected chi connectivity index (χ2v) is 8.69. The van der Waals surface area contributed by atoms with E-state index < -0.39 is 29.2 Å². The number of halogens is 4. The van der Waals surface area contributed by atoms with Gasteiger partial charge in [-0.3, -0.25) is 4.79 Å². The maximum Gasteiger partial charge on any atom is 0.417 e. The third kappa shape index (κ3) is 5.27. The Balaban J connectivity index is 1.90. The van der Waals surface area contributed by atoms with E-state index in [1.54, 1.807) is 38.1 Å². The number of carbonyl (C=O) groups excluding carboxylic acids is 2. The van der Waals surface area contributed by atoms with Crippen molar-refractivity contribution in [3.8, 4) is 0 Å². The molecule has 3 rings (SSSR count). The van der Waals surface area contributed by atoms with Crippen LogP contribution in [-0.2, 0) is 15.7 Å². The van der Waals surface area contributed by atoms with E-state index in [0.717, 1.165) is 22.8 Å². The molecule has 11 heteroatoms. The fourth-order valence-corrected chi connectivity index (χ4v) is 4.16. The van der Waals surface area contributed by atoms with Crippen LogP contribution in [0.15, 0.2) is 52.5 Å². The lowest BCUT2D eigenvalue weighted by Crippen LogP contribution is -2.42. The Bertz CT molecular complexity index is 1090. The van der Waals surface area contributed by atoms with Gasteiger partial charge in [0.15, 0.2) is 0 Å². The van der Waals surface area contributed by atoms with Gasteiger partial charge in [-0.05, 0) is 56.0 Å². The average Bonchev–Trinajstić information content (AvgIpc) is 3.12. The molecule has 1 heterocycles. The highest BCUT2D eigenvalue weighted by Crippen LogP contribution is 2.38. The van der Waals surface area contributed by atoms with Crippen LogP contribution in [-0.4, -0.2) is 42.1 Å². The van der Waals surface area contributed by atoms with Gasteiger partial charge < -0.3 is 10.1 Å². The summed E-state index contributed by atoms with van der Waals surface area (Å²) in [5.74, 6) is -0.548. The Labute approximate surface area is 198 Å². The maximum atomic E-state index is 13.1. The summed E-state index contributed by atoms with van der Waals surface area (Å²) in [5.41, 5.74) is -0.946. The number of esters is 1. The Morgan fingerprint density at radius 2 is 1.91 bits per heavy atom. The van der Waals surface area contributed by atoms with Crippen LogP contribution in [0.5, 0.6) is 0 Å². The number of rotatable bonds is 5. The molecule has 0 bridgehead atoms. The molecule has 1 aliphatic heterocycles. The van der Waals surface area contributed by atoms with Crippen molar-refractivity contribution >= 4 is 46.8 Å². The van der Waals surface area contributed by atoms with Gasteiger partial charge in [0.25, 0.3) is 0 Å². The molecule has 176 valence electrons. The van der Waals surface area contributed by atoms with E-state index in [4.69, 9.17) is 16.3 Å². The Morgan fingerprint density at radius 1 is 1.24 bits per heavy atom. The lowest BCUT2D eigenvalue weighted by atomic mass is 9.82. The minimum Gasteiger partial charge on any atom is -0.465 e. The van der Waals surface area contributed by atoms with Crippen molar-refractivity contribution in [3.05, 3.63) is 58.6 Å². The van der Waals surface area contributed by atoms with E-state index in [1.807, 2.05) is 0 Å². The SMILES string of the molecule is CCOC(=O)C1(C)CN(C(=O)Nc2ccc(C(F)(F)F)c(SC)c2)N=C1c1ccc(Cl)cc1. The summed E-state index contributed by atoms with van der Waals surface area (Å²) in [6.45, 7) is 3.34. The van der Waals surface area contributed by atoms with Crippen molar-refractivity contribution in [1.82, 2.24) is 5.01 Å². The summed E-state index contributed by atoms with van der Waals surface area (Å²) >= 11 is 6.88. The summed E-state index contributed by atoms with van der Waals surface area (Å²) in [6.07, 6.45) is -2.99. The number of hydrogen-bond acceptors (Lipinski definition) is 5. The van der Waals surface area contributed by atoms with Gasteiger partial charge in [-0.25, -0.2) is 9.80 Å². The number of alkyl halides is 3. The van der Waals surface area contributed by atoms with Gasteiger partial charge in [-0.1, -0.05) is 23.7 Å². The molecular weight excluding hydrogens is 479 g/mol.